The third-order valence-electron chi connectivity index (χ3n) is 3.00. The van der Waals surface area contributed by atoms with E-state index < -0.39 is 0 Å². The third kappa shape index (κ3) is 3.95. The molecule has 110 valence electrons. The van der Waals surface area contributed by atoms with Crippen molar-refractivity contribution in [3.05, 3.63) is 48.2 Å². The van der Waals surface area contributed by atoms with Crippen molar-refractivity contribution in [3.63, 3.8) is 0 Å². The molecule has 0 unspecified atom stereocenters. The predicted octanol–water partition coefficient (Wildman–Crippen LogP) is 2.83. The maximum atomic E-state index is 12.3. The number of amides is 1. The van der Waals surface area contributed by atoms with E-state index in [1.807, 2.05) is 50.2 Å². The number of pyridine rings is 1. The fourth-order valence-corrected chi connectivity index (χ4v) is 1.91. The molecule has 2 aromatic rings. The Bertz CT molecular complexity index is 625. The molecule has 0 saturated carbocycles. The van der Waals surface area contributed by atoms with E-state index >= 15 is 0 Å². The van der Waals surface area contributed by atoms with Crippen LogP contribution < -0.4 is 15.5 Å². The van der Waals surface area contributed by atoms with E-state index in [-0.39, 0.29) is 5.91 Å². The first-order valence-corrected chi connectivity index (χ1v) is 6.89. The quantitative estimate of drug-likeness (QED) is 0.886. The maximum absolute atomic E-state index is 12.3. The van der Waals surface area contributed by atoms with Gasteiger partial charge in [0.25, 0.3) is 5.91 Å². The fraction of sp³-hybridized carbons (Fsp3) is 0.250. The zero-order chi connectivity index (χ0) is 15.2. The minimum atomic E-state index is -0.146. The lowest BCUT2D eigenvalue weighted by molar-refractivity contribution is 0.102. The van der Waals surface area contributed by atoms with Crippen molar-refractivity contribution in [2.24, 2.45) is 0 Å². The van der Waals surface area contributed by atoms with Gasteiger partial charge in [0.2, 0.25) is 0 Å². The lowest BCUT2D eigenvalue weighted by atomic mass is 10.2. The molecule has 0 spiro atoms. The highest BCUT2D eigenvalue weighted by Crippen LogP contribution is 2.18. The van der Waals surface area contributed by atoms with Gasteiger partial charge < -0.3 is 15.5 Å². The summed E-state index contributed by atoms with van der Waals surface area (Å²) >= 11 is 0. The molecule has 0 aliphatic rings. The summed E-state index contributed by atoms with van der Waals surface area (Å²) in [7, 11) is 3.93. The van der Waals surface area contributed by atoms with Crippen LogP contribution >= 0.6 is 0 Å². The van der Waals surface area contributed by atoms with Gasteiger partial charge in [-0.15, -0.1) is 0 Å². The summed E-state index contributed by atoms with van der Waals surface area (Å²) in [6, 6.07) is 11.2. The van der Waals surface area contributed by atoms with E-state index in [0.717, 1.165) is 17.9 Å². The van der Waals surface area contributed by atoms with Gasteiger partial charge in [0.15, 0.2) is 0 Å². The number of aromatic nitrogens is 1. The van der Waals surface area contributed by atoms with Crippen LogP contribution in [0.4, 0.5) is 17.2 Å². The highest BCUT2D eigenvalue weighted by atomic mass is 16.1. The number of rotatable bonds is 5. The third-order valence-corrected chi connectivity index (χ3v) is 3.00. The topological polar surface area (TPSA) is 57.3 Å². The Morgan fingerprint density at radius 1 is 1.24 bits per heavy atom. The monoisotopic (exact) mass is 284 g/mol. The van der Waals surface area contributed by atoms with E-state index in [0.29, 0.717) is 11.4 Å². The SMILES string of the molecule is CCNc1cc(C(=O)Nc2cccc(N(C)C)c2)ccn1. The second-order valence-corrected chi connectivity index (χ2v) is 4.86. The molecule has 1 aromatic carbocycles. The summed E-state index contributed by atoms with van der Waals surface area (Å²) in [5.41, 5.74) is 2.39. The largest absolute Gasteiger partial charge is 0.378 e. The smallest absolute Gasteiger partial charge is 0.255 e. The highest BCUT2D eigenvalue weighted by molar-refractivity contribution is 6.04. The molecule has 1 amide bonds. The Labute approximate surface area is 125 Å². The van der Waals surface area contributed by atoms with Gasteiger partial charge in [-0.1, -0.05) is 6.07 Å². The molecule has 1 heterocycles. The first-order valence-electron chi connectivity index (χ1n) is 6.89. The summed E-state index contributed by atoms with van der Waals surface area (Å²) in [6.45, 7) is 2.75. The minimum Gasteiger partial charge on any atom is -0.378 e. The zero-order valence-corrected chi connectivity index (χ0v) is 12.6. The molecule has 1 aromatic heterocycles. The number of carbonyl (C=O) groups excluding carboxylic acids is 1. The molecule has 0 bridgehead atoms. The van der Waals surface area contributed by atoms with E-state index in [1.165, 1.54) is 0 Å². The van der Waals surface area contributed by atoms with Crippen LogP contribution in [-0.4, -0.2) is 31.5 Å². The average Bonchev–Trinajstić information content (AvgIpc) is 2.48. The maximum Gasteiger partial charge on any atom is 0.255 e. The molecule has 21 heavy (non-hydrogen) atoms. The molecular weight excluding hydrogens is 264 g/mol. The van der Waals surface area contributed by atoms with E-state index in [2.05, 4.69) is 15.6 Å². The molecule has 0 saturated heterocycles. The minimum absolute atomic E-state index is 0.146. The molecule has 5 heteroatoms. The molecular formula is C16H20N4O. The number of benzene rings is 1. The molecule has 5 nitrogen and oxygen atoms in total. The van der Waals surface area contributed by atoms with Gasteiger partial charge in [-0.05, 0) is 37.3 Å². The van der Waals surface area contributed by atoms with Crippen molar-refractivity contribution in [2.45, 2.75) is 6.92 Å². The number of hydrogen-bond acceptors (Lipinski definition) is 4. The van der Waals surface area contributed by atoms with Crippen LogP contribution in [0.1, 0.15) is 17.3 Å². The Morgan fingerprint density at radius 2 is 2.05 bits per heavy atom. The van der Waals surface area contributed by atoms with Crippen molar-refractivity contribution in [1.29, 1.82) is 0 Å². The van der Waals surface area contributed by atoms with Crippen LogP contribution in [0.25, 0.3) is 0 Å². The predicted molar refractivity (Wildman–Crippen MR) is 87.1 cm³/mol. The number of anilines is 3. The van der Waals surface area contributed by atoms with Crippen molar-refractivity contribution < 1.29 is 4.79 Å². The number of nitrogens with one attached hydrogen (secondary N) is 2. The van der Waals surface area contributed by atoms with Crippen molar-refractivity contribution in [1.82, 2.24) is 4.98 Å². The van der Waals surface area contributed by atoms with Crippen LogP contribution in [0.15, 0.2) is 42.6 Å². The van der Waals surface area contributed by atoms with E-state index in [9.17, 15) is 4.79 Å². The van der Waals surface area contributed by atoms with Gasteiger partial charge in [-0.3, -0.25) is 4.79 Å². The summed E-state index contributed by atoms with van der Waals surface area (Å²) in [6.07, 6.45) is 1.63. The van der Waals surface area contributed by atoms with Gasteiger partial charge >= 0.3 is 0 Å². The molecule has 2 rings (SSSR count). The summed E-state index contributed by atoms with van der Waals surface area (Å²) < 4.78 is 0. The van der Waals surface area contributed by atoms with Gasteiger partial charge in [0, 0.05) is 43.8 Å². The van der Waals surface area contributed by atoms with Crippen LogP contribution in [0, 0.1) is 0 Å². The van der Waals surface area contributed by atoms with Gasteiger partial charge in [-0.2, -0.15) is 0 Å². The number of hydrogen-bond donors (Lipinski definition) is 2. The second kappa shape index (κ2) is 6.74. The number of carbonyl (C=O) groups is 1. The normalized spacial score (nSPS) is 10.0. The fourth-order valence-electron chi connectivity index (χ4n) is 1.91. The van der Waals surface area contributed by atoms with Gasteiger partial charge in [0.05, 0.1) is 0 Å². The molecule has 0 fully saturated rings. The van der Waals surface area contributed by atoms with Crippen molar-refractivity contribution >= 4 is 23.1 Å². The Morgan fingerprint density at radius 3 is 2.76 bits per heavy atom. The van der Waals surface area contributed by atoms with E-state index in [1.54, 1.807) is 18.3 Å². The summed E-state index contributed by atoms with van der Waals surface area (Å²) in [4.78, 5) is 18.4. The van der Waals surface area contributed by atoms with Crippen molar-refractivity contribution in [3.8, 4) is 0 Å². The van der Waals surface area contributed by atoms with Crippen LogP contribution in [0.5, 0.6) is 0 Å². The van der Waals surface area contributed by atoms with Crippen LogP contribution in [0.2, 0.25) is 0 Å². The molecule has 0 radical (unpaired) electrons. The first-order chi connectivity index (χ1) is 10.1. The molecule has 0 aliphatic heterocycles. The van der Waals surface area contributed by atoms with Crippen LogP contribution in [0.3, 0.4) is 0 Å². The van der Waals surface area contributed by atoms with Gasteiger partial charge in [-0.25, -0.2) is 4.98 Å². The van der Waals surface area contributed by atoms with E-state index in [4.69, 9.17) is 0 Å². The average molecular weight is 284 g/mol. The lowest BCUT2D eigenvalue weighted by Gasteiger charge is -2.14. The summed E-state index contributed by atoms with van der Waals surface area (Å²) in [5.74, 6) is 0.555. The molecule has 0 atom stereocenters. The Kier molecular flexibility index (Phi) is 4.77. The van der Waals surface area contributed by atoms with Gasteiger partial charge in [0.1, 0.15) is 5.82 Å². The second-order valence-electron chi connectivity index (χ2n) is 4.86. The molecule has 0 aliphatic carbocycles. The van der Waals surface area contributed by atoms with Crippen LogP contribution in [-0.2, 0) is 0 Å². The zero-order valence-electron chi connectivity index (χ0n) is 12.6. The lowest BCUT2D eigenvalue weighted by Crippen LogP contribution is -2.14. The number of nitrogens with zero attached hydrogens (tertiary/aromatic N) is 2. The standard InChI is InChI=1S/C16H20N4O/c1-4-17-15-10-12(8-9-18-15)16(21)19-13-6-5-7-14(11-13)20(2)3/h5-11H,4H2,1-3H3,(H,17,18)(H,19,21). The molecule has 2 N–H and O–H groups in total. The Balaban J connectivity index is 2.14. The Hall–Kier alpha value is -2.56. The highest BCUT2D eigenvalue weighted by Gasteiger charge is 2.08. The first kappa shape index (κ1) is 14.8. The van der Waals surface area contributed by atoms with Crippen molar-refractivity contribution in [2.75, 3.05) is 36.2 Å². The summed E-state index contributed by atoms with van der Waals surface area (Å²) in [5, 5.41) is 5.99.